The summed E-state index contributed by atoms with van der Waals surface area (Å²) in [6.45, 7) is 15.9. The number of pyridine rings is 1. The van der Waals surface area contributed by atoms with Gasteiger partial charge in [0.05, 0.1) is 11.3 Å². The quantitative estimate of drug-likeness (QED) is 0.338. The number of hydrogen-bond donors (Lipinski definition) is 3. The molecule has 9 nitrogen and oxygen atoms in total. The van der Waals surface area contributed by atoms with Crippen LogP contribution in [0.2, 0.25) is 0 Å². The van der Waals surface area contributed by atoms with Gasteiger partial charge in [-0.1, -0.05) is 32.9 Å². The summed E-state index contributed by atoms with van der Waals surface area (Å²) in [6, 6.07) is 10.6. The predicted molar refractivity (Wildman–Crippen MR) is 168 cm³/mol. The van der Waals surface area contributed by atoms with Gasteiger partial charge in [0.1, 0.15) is 16.1 Å². The van der Waals surface area contributed by atoms with Crippen molar-refractivity contribution < 1.29 is 19.5 Å². The molecule has 3 heterocycles. The molecule has 4 rings (SSSR count). The summed E-state index contributed by atoms with van der Waals surface area (Å²) in [6.07, 6.45) is 1.71. The second-order valence-corrected chi connectivity index (χ2v) is 14.0. The number of carbonyl (C=O) groups is 3. The summed E-state index contributed by atoms with van der Waals surface area (Å²) in [5.41, 5.74) is 1.97. The van der Waals surface area contributed by atoms with Gasteiger partial charge in [0.25, 0.3) is 5.91 Å². The van der Waals surface area contributed by atoms with Crippen LogP contribution in [0.5, 0.6) is 0 Å². The van der Waals surface area contributed by atoms with E-state index in [0.29, 0.717) is 35.0 Å². The van der Waals surface area contributed by atoms with Crippen molar-refractivity contribution in [3.8, 4) is 11.1 Å². The van der Waals surface area contributed by atoms with E-state index in [9.17, 15) is 19.5 Å². The summed E-state index contributed by atoms with van der Waals surface area (Å²) < 4.78 is 0. The molecule has 3 N–H and O–H groups in total. The van der Waals surface area contributed by atoms with Gasteiger partial charge in [-0.2, -0.15) is 0 Å². The van der Waals surface area contributed by atoms with Crippen molar-refractivity contribution in [1.82, 2.24) is 14.8 Å². The van der Waals surface area contributed by atoms with Crippen molar-refractivity contribution in [3.63, 3.8) is 0 Å². The van der Waals surface area contributed by atoms with Crippen LogP contribution in [0.25, 0.3) is 11.1 Å². The minimum absolute atomic E-state index is 0.124. The first-order valence-electron chi connectivity index (χ1n) is 14.0. The van der Waals surface area contributed by atoms with Crippen LogP contribution in [0.15, 0.2) is 42.6 Å². The number of aliphatic hydroxyl groups is 1. The van der Waals surface area contributed by atoms with E-state index in [1.807, 2.05) is 37.3 Å². The van der Waals surface area contributed by atoms with Gasteiger partial charge >= 0.3 is 6.03 Å². The summed E-state index contributed by atoms with van der Waals surface area (Å²) >= 11 is 1.36. The standard InChI is InChI=1S/C32H41N5O4S/c1-19-10-12-21(16-22(19)20-11-13-24(33-18-20)32(7,8)41)34-29(40)35-26-23(17-25(42-26)30(2,3)4)27(38)37-15-14-36(9)28(39)31(37,5)6/h10-13,16-18,41H,14-15H2,1-9H3,(H2,34,35,40). The molecule has 2 aromatic heterocycles. The smallest absolute Gasteiger partial charge is 0.324 e. The lowest BCUT2D eigenvalue weighted by molar-refractivity contribution is -0.144. The van der Waals surface area contributed by atoms with Crippen LogP contribution in [0.4, 0.5) is 15.5 Å². The first-order valence-corrected chi connectivity index (χ1v) is 14.8. The zero-order chi connectivity index (χ0) is 31.2. The Kier molecular flexibility index (Phi) is 8.28. The number of carbonyl (C=O) groups excluding carboxylic acids is 3. The molecule has 3 aromatic rings. The molecule has 0 aliphatic carbocycles. The highest BCUT2D eigenvalue weighted by atomic mass is 32.1. The Morgan fingerprint density at radius 1 is 1.02 bits per heavy atom. The van der Waals surface area contributed by atoms with Gasteiger partial charge in [-0.25, -0.2) is 4.79 Å². The highest BCUT2D eigenvalue weighted by molar-refractivity contribution is 7.16. The first kappa shape index (κ1) is 31.2. The lowest BCUT2D eigenvalue weighted by Crippen LogP contribution is -2.63. The molecule has 1 aliphatic heterocycles. The fourth-order valence-corrected chi connectivity index (χ4v) is 6.02. The molecule has 4 amide bonds. The Balaban J connectivity index is 1.59. The minimum atomic E-state index is -1.04. The van der Waals surface area contributed by atoms with E-state index in [0.717, 1.165) is 21.6 Å². The predicted octanol–water partition coefficient (Wildman–Crippen LogP) is 5.98. The number of thiophene rings is 1. The molecule has 1 saturated heterocycles. The maximum Gasteiger partial charge on any atom is 0.324 e. The molecular weight excluding hydrogens is 550 g/mol. The third-order valence-electron chi connectivity index (χ3n) is 7.57. The van der Waals surface area contributed by atoms with Gasteiger partial charge in [-0.05, 0) is 75.4 Å². The van der Waals surface area contributed by atoms with E-state index < -0.39 is 17.2 Å². The summed E-state index contributed by atoms with van der Waals surface area (Å²) in [7, 11) is 1.74. The molecule has 42 heavy (non-hydrogen) atoms. The number of nitrogens with one attached hydrogen (secondary N) is 2. The van der Waals surface area contributed by atoms with Crippen molar-refractivity contribution in [2.24, 2.45) is 0 Å². The fraction of sp³-hybridized carbons (Fsp3) is 0.438. The van der Waals surface area contributed by atoms with Gasteiger partial charge in [0.15, 0.2) is 0 Å². The number of aromatic nitrogens is 1. The van der Waals surface area contributed by atoms with Gasteiger partial charge in [-0.3, -0.25) is 19.9 Å². The molecular formula is C32H41N5O4S. The molecule has 224 valence electrons. The summed E-state index contributed by atoms with van der Waals surface area (Å²) in [5, 5.41) is 16.5. The average Bonchev–Trinajstić information content (AvgIpc) is 3.32. The lowest BCUT2D eigenvalue weighted by Gasteiger charge is -2.44. The van der Waals surface area contributed by atoms with Crippen molar-refractivity contribution in [3.05, 3.63) is 64.3 Å². The molecule has 10 heteroatoms. The van der Waals surface area contributed by atoms with E-state index in [1.165, 1.54) is 11.3 Å². The lowest BCUT2D eigenvalue weighted by atomic mass is 9.93. The second-order valence-electron chi connectivity index (χ2n) is 12.9. The highest BCUT2D eigenvalue weighted by Gasteiger charge is 2.44. The number of piperazine rings is 1. The van der Waals surface area contributed by atoms with E-state index in [2.05, 4.69) is 36.4 Å². The summed E-state index contributed by atoms with van der Waals surface area (Å²) in [5.74, 6) is -0.413. The number of anilines is 2. The highest BCUT2D eigenvalue weighted by Crippen LogP contribution is 2.38. The SMILES string of the molecule is Cc1ccc(NC(=O)Nc2sc(C(C)(C)C)cc2C(=O)N2CCN(C)C(=O)C2(C)C)cc1-c1ccc(C(C)(C)O)nc1. The number of aryl methyl sites for hydroxylation is 1. The number of likely N-dealkylation sites (N-methyl/N-ethyl adjacent to an activating group) is 1. The van der Waals surface area contributed by atoms with Crippen LogP contribution in [0.1, 0.15) is 75.0 Å². The third kappa shape index (κ3) is 6.34. The largest absolute Gasteiger partial charge is 0.384 e. The first-order chi connectivity index (χ1) is 19.4. The van der Waals surface area contributed by atoms with E-state index in [4.69, 9.17) is 0 Å². The van der Waals surface area contributed by atoms with Gasteiger partial charge in [0.2, 0.25) is 5.91 Å². The Labute approximate surface area is 252 Å². The number of hydrogen-bond acceptors (Lipinski definition) is 6. The molecule has 0 saturated carbocycles. The van der Waals surface area contributed by atoms with Crippen molar-refractivity contribution in [2.75, 3.05) is 30.8 Å². The fourth-order valence-electron chi connectivity index (χ4n) is 4.92. The molecule has 1 aliphatic rings. The molecule has 0 atom stereocenters. The molecule has 0 unspecified atom stereocenters. The van der Waals surface area contributed by atoms with Crippen molar-refractivity contribution in [1.29, 1.82) is 0 Å². The number of amides is 4. The maximum atomic E-state index is 13.9. The number of nitrogens with zero attached hydrogens (tertiary/aromatic N) is 3. The second kappa shape index (κ2) is 11.1. The van der Waals surface area contributed by atoms with Gasteiger partial charge in [-0.15, -0.1) is 11.3 Å². The zero-order valence-corrected chi connectivity index (χ0v) is 26.7. The Morgan fingerprint density at radius 3 is 2.31 bits per heavy atom. The topological polar surface area (TPSA) is 115 Å². The zero-order valence-electron chi connectivity index (χ0n) is 25.9. The molecule has 0 bridgehead atoms. The normalized spacial score (nSPS) is 15.5. The van der Waals surface area contributed by atoms with Crippen LogP contribution >= 0.6 is 11.3 Å². The number of benzene rings is 1. The Bertz CT molecular complexity index is 1510. The van der Waals surface area contributed by atoms with Crippen molar-refractivity contribution >= 4 is 39.9 Å². The van der Waals surface area contributed by atoms with E-state index >= 15 is 0 Å². The molecule has 1 aromatic carbocycles. The minimum Gasteiger partial charge on any atom is -0.384 e. The van der Waals surface area contributed by atoms with Crippen LogP contribution < -0.4 is 10.6 Å². The van der Waals surface area contributed by atoms with Gasteiger partial charge < -0.3 is 20.2 Å². The molecule has 0 radical (unpaired) electrons. The number of urea groups is 1. The van der Waals surface area contributed by atoms with E-state index in [-0.39, 0.29) is 17.2 Å². The van der Waals surface area contributed by atoms with Crippen LogP contribution in [-0.4, -0.2) is 63.4 Å². The maximum absolute atomic E-state index is 13.9. The average molecular weight is 592 g/mol. The number of rotatable bonds is 5. The van der Waals surface area contributed by atoms with Crippen LogP contribution in [0, 0.1) is 6.92 Å². The third-order valence-corrected chi connectivity index (χ3v) is 9.05. The molecule has 1 fully saturated rings. The summed E-state index contributed by atoms with van der Waals surface area (Å²) in [4.78, 5) is 48.6. The van der Waals surface area contributed by atoms with Crippen molar-refractivity contribution in [2.45, 2.75) is 71.9 Å². The monoisotopic (exact) mass is 591 g/mol. The Hall–Kier alpha value is -3.76. The van der Waals surface area contributed by atoms with E-state index in [1.54, 1.807) is 56.8 Å². The van der Waals surface area contributed by atoms with Gasteiger partial charge in [0, 0.05) is 42.5 Å². The molecule has 0 spiro atoms. The van der Waals surface area contributed by atoms with Crippen LogP contribution in [-0.2, 0) is 15.8 Å². The van der Waals surface area contributed by atoms with Crippen LogP contribution in [0.3, 0.4) is 0 Å². The Morgan fingerprint density at radius 2 is 1.71 bits per heavy atom.